The second-order valence-electron chi connectivity index (χ2n) is 4.13. The van der Waals surface area contributed by atoms with Crippen LogP contribution in [0, 0.1) is 11.6 Å². The van der Waals surface area contributed by atoms with Crippen LogP contribution in [0.2, 0.25) is 0 Å². The van der Waals surface area contributed by atoms with Gasteiger partial charge in [-0.15, -0.1) is 0 Å². The van der Waals surface area contributed by atoms with E-state index in [-0.39, 0.29) is 35.5 Å². The molecule has 0 fully saturated rings. The van der Waals surface area contributed by atoms with Crippen molar-refractivity contribution >= 4 is 16.8 Å². The van der Waals surface area contributed by atoms with Gasteiger partial charge in [0.05, 0.1) is 12.2 Å². The van der Waals surface area contributed by atoms with Crippen LogP contribution in [0.25, 0.3) is 10.9 Å². The van der Waals surface area contributed by atoms with Crippen molar-refractivity contribution in [2.75, 3.05) is 20.2 Å². The normalized spacial score (nSPS) is 10.7. The molecule has 2 aromatic rings. The van der Waals surface area contributed by atoms with E-state index in [1.165, 1.54) is 24.2 Å². The summed E-state index contributed by atoms with van der Waals surface area (Å²) in [5, 5.41) is 8.99. The van der Waals surface area contributed by atoms with E-state index in [1.54, 1.807) is 0 Å². The summed E-state index contributed by atoms with van der Waals surface area (Å²) in [7, 11) is 1.52. The highest BCUT2D eigenvalue weighted by molar-refractivity contribution is 5.97. The molecule has 0 aliphatic carbocycles. The van der Waals surface area contributed by atoms with Crippen molar-refractivity contribution in [3.8, 4) is 0 Å². The molecule has 0 aliphatic heterocycles. The molecular formula is C13H12F2N2O2. The molecule has 0 spiro atoms. The summed E-state index contributed by atoms with van der Waals surface area (Å²) in [5.74, 6) is -1.86. The van der Waals surface area contributed by atoms with Crippen LogP contribution in [-0.4, -0.2) is 41.1 Å². The summed E-state index contributed by atoms with van der Waals surface area (Å²) < 4.78 is 26.5. The number of amides is 1. The SMILES string of the molecule is CN(CCO)C(=O)c1cnc2c(F)cc(F)cc2c1. The van der Waals surface area contributed by atoms with Gasteiger partial charge in [0.2, 0.25) is 0 Å². The van der Waals surface area contributed by atoms with Gasteiger partial charge in [0.25, 0.3) is 5.91 Å². The first-order valence-electron chi connectivity index (χ1n) is 5.64. The minimum absolute atomic E-state index is 0.0164. The number of nitrogens with zero attached hydrogens (tertiary/aromatic N) is 2. The molecule has 0 unspecified atom stereocenters. The van der Waals surface area contributed by atoms with E-state index < -0.39 is 11.6 Å². The number of hydrogen-bond donors (Lipinski definition) is 1. The van der Waals surface area contributed by atoms with Crippen LogP contribution in [0.3, 0.4) is 0 Å². The van der Waals surface area contributed by atoms with E-state index in [4.69, 9.17) is 5.11 Å². The molecular weight excluding hydrogens is 254 g/mol. The van der Waals surface area contributed by atoms with Crippen molar-refractivity contribution in [2.45, 2.75) is 0 Å². The van der Waals surface area contributed by atoms with Crippen molar-refractivity contribution in [3.05, 3.63) is 41.6 Å². The minimum Gasteiger partial charge on any atom is -0.395 e. The zero-order valence-electron chi connectivity index (χ0n) is 10.2. The number of carbonyl (C=O) groups excluding carboxylic acids is 1. The molecule has 6 heteroatoms. The van der Waals surface area contributed by atoms with Crippen molar-refractivity contribution in [1.82, 2.24) is 9.88 Å². The number of fused-ring (bicyclic) bond motifs is 1. The first kappa shape index (κ1) is 13.4. The average Bonchev–Trinajstić information content (AvgIpc) is 2.37. The van der Waals surface area contributed by atoms with Crippen LogP contribution in [0.1, 0.15) is 10.4 Å². The number of aliphatic hydroxyl groups is 1. The zero-order chi connectivity index (χ0) is 14.0. The molecule has 1 aromatic carbocycles. The lowest BCUT2D eigenvalue weighted by Gasteiger charge is -2.15. The molecule has 4 nitrogen and oxygen atoms in total. The Kier molecular flexibility index (Phi) is 3.71. The van der Waals surface area contributed by atoms with Crippen LogP contribution in [0.5, 0.6) is 0 Å². The summed E-state index contributed by atoms with van der Waals surface area (Å²) >= 11 is 0. The summed E-state index contributed by atoms with van der Waals surface area (Å²) in [5.41, 5.74) is 0.233. The Bertz CT molecular complexity index is 631. The fraction of sp³-hybridized carbons (Fsp3) is 0.231. The maximum Gasteiger partial charge on any atom is 0.255 e. The van der Waals surface area contributed by atoms with E-state index in [9.17, 15) is 13.6 Å². The predicted octanol–water partition coefficient (Wildman–Crippen LogP) is 1.58. The highest BCUT2D eigenvalue weighted by Gasteiger charge is 2.14. The molecule has 1 amide bonds. The Balaban J connectivity index is 2.44. The molecule has 0 radical (unpaired) electrons. The highest BCUT2D eigenvalue weighted by atomic mass is 19.1. The second-order valence-corrected chi connectivity index (χ2v) is 4.13. The lowest BCUT2D eigenvalue weighted by atomic mass is 10.1. The standard InChI is InChI=1S/C13H12F2N2O2/c1-17(2-3-18)13(19)9-4-8-5-10(14)6-11(15)12(8)16-7-9/h4-7,18H,2-3H2,1H3. The van der Waals surface area contributed by atoms with Gasteiger partial charge >= 0.3 is 0 Å². The summed E-state index contributed by atoms with van der Waals surface area (Å²) in [6.45, 7) is 0.0148. The van der Waals surface area contributed by atoms with Crippen molar-refractivity contribution in [1.29, 1.82) is 0 Å². The Labute approximate surface area is 108 Å². The van der Waals surface area contributed by atoms with Crippen LogP contribution < -0.4 is 0 Å². The van der Waals surface area contributed by atoms with E-state index in [2.05, 4.69) is 4.98 Å². The molecule has 0 aliphatic rings. The largest absolute Gasteiger partial charge is 0.395 e. The van der Waals surface area contributed by atoms with Gasteiger partial charge in [-0.3, -0.25) is 9.78 Å². The van der Waals surface area contributed by atoms with Crippen LogP contribution >= 0.6 is 0 Å². The third kappa shape index (κ3) is 2.68. The first-order chi connectivity index (χ1) is 9.02. The molecule has 0 bridgehead atoms. The number of aromatic nitrogens is 1. The number of likely N-dealkylation sites (N-methyl/N-ethyl adjacent to an activating group) is 1. The Hall–Kier alpha value is -2.08. The highest BCUT2D eigenvalue weighted by Crippen LogP contribution is 2.19. The maximum absolute atomic E-state index is 13.4. The van der Waals surface area contributed by atoms with Crippen molar-refractivity contribution < 1.29 is 18.7 Å². The lowest BCUT2D eigenvalue weighted by Crippen LogP contribution is -2.29. The molecule has 2 rings (SSSR count). The monoisotopic (exact) mass is 266 g/mol. The van der Waals surface area contributed by atoms with Gasteiger partial charge < -0.3 is 10.0 Å². The molecule has 0 saturated heterocycles. The van der Waals surface area contributed by atoms with Gasteiger partial charge in [0.1, 0.15) is 11.3 Å². The number of halogens is 2. The molecule has 1 aromatic heterocycles. The van der Waals surface area contributed by atoms with E-state index in [0.717, 1.165) is 12.1 Å². The van der Waals surface area contributed by atoms with Crippen molar-refractivity contribution in [2.24, 2.45) is 0 Å². The number of rotatable bonds is 3. The van der Waals surface area contributed by atoms with Gasteiger partial charge in [-0.1, -0.05) is 0 Å². The molecule has 1 heterocycles. The van der Waals surface area contributed by atoms with Gasteiger partial charge in [0.15, 0.2) is 5.82 Å². The summed E-state index contributed by atoms with van der Waals surface area (Å²) in [4.78, 5) is 17.1. The molecule has 100 valence electrons. The zero-order valence-corrected chi connectivity index (χ0v) is 10.2. The number of hydrogen-bond acceptors (Lipinski definition) is 3. The minimum atomic E-state index is -0.766. The third-order valence-electron chi connectivity index (χ3n) is 2.73. The fourth-order valence-electron chi connectivity index (χ4n) is 1.76. The Morgan fingerprint density at radius 2 is 2.11 bits per heavy atom. The van der Waals surface area contributed by atoms with E-state index in [0.29, 0.717) is 0 Å². The van der Waals surface area contributed by atoms with E-state index in [1.807, 2.05) is 0 Å². The van der Waals surface area contributed by atoms with Gasteiger partial charge in [-0.05, 0) is 12.1 Å². The maximum atomic E-state index is 13.4. The van der Waals surface area contributed by atoms with Crippen molar-refractivity contribution in [3.63, 3.8) is 0 Å². The number of pyridine rings is 1. The average molecular weight is 266 g/mol. The Morgan fingerprint density at radius 1 is 1.37 bits per heavy atom. The van der Waals surface area contributed by atoms with Crippen LogP contribution in [-0.2, 0) is 0 Å². The summed E-state index contributed by atoms with van der Waals surface area (Å²) in [6.07, 6.45) is 1.24. The quantitative estimate of drug-likeness (QED) is 0.917. The Morgan fingerprint density at radius 3 is 2.79 bits per heavy atom. The predicted molar refractivity (Wildman–Crippen MR) is 65.7 cm³/mol. The van der Waals surface area contributed by atoms with Gasteiger partial charge in [0, 0.05) is 31.2 Å². The third-order valence-corrected chi connectivity index (χ3v) is 2.73. The lowest BCUT2D eigenvalue weighted by molar-refractivity contribution is 0.0766. The van der Waals surface area contributed by atoms with Gasteiger partial charge in [-0.25, -0.2) is 8.78 Å². The molecule has 19 heavy (non-hydrogen) atoms. The number of aliphatic hydroxyl groups excluding tert-OH is 1. The second kappa shape index (κ2) is 5.27. The smallest absolute Gasteiger partial charge is 0.255 e. The van der Waals surface area contributed by atoms with Crippen LogP contribution in [0.15, 0.2) is 24.4 Å². The van der Waals surface area contributed by atoms with Crippen LogP contribution in [0.4, 0.5) is 8.78 Å². The molecule has 1 N–H and O–H groups in total. The number of carbonyl (C=O) groups is 1. The molecule has 0 saturated carbocycles. The fourth-order valence-corrected chi connectivity index (χ4v) is 1.76. The number of benzene rings is 1. The molecule has 0 atom stereocenters. The first-order valence-corrected chi connectivity index (χ1v) is 5.64. The topological polar surface area (TPSA) is 53.4 Å². The summed E-state index contributed by atoms with van der Waals surface area (Å²) in [6, 6.07) is 3.24. The van der Waals surface area contributed by atoms with Gasteiger partial charge in [-0.2, -0.15) is 0 Å². The van der Waals surface area contributed by atoms with E-state index >= 15 is 0 Å².